The number of nitrogens with zero attached hydrogens (tertiary/aromatic N) is 1. The molecule has 0 aliphatic heterocycles. The summed E-state index contributed by atoms with van der Waals surface area (Å²) < 4.78 is 22.2. The maximum absolute atomic E-state index is 12.8. The molecule has 8 nitrogen and oxygen atoms in total. The molecule has 0 saturated carbocycles. The minimum absolute atomic E-state index is 0.201. The summed E-state index contributed by atoms with van der Waals surface area (Å²) in [7, 11) is 2.78. The third kappa shape index (κ3) is 5.71. The van der Waals surface area contributed by atoms with Crippen molar-refractivity contribution in [2.24, 2.45) is 0 Å². The van der Waals surface area contributed by atoms with E-state index in [0.29, 0.717) is 32.9 Å². The van der Waals surface area contributed by atoms with E-state index >= 15 is 0 Å². The summed E-state index contributed by atoms with van der Waals surface area (Å²) >= 11 is 1.08. The van der Waals surface area contributed by atoms with Crippen molar-refractivity contribution in [3.63, 3.8) is 0 Å². The molecule has 2 rings (SSSR count). The van der Waals surface area contributed by atoms with Crippen molar-refractivity contribution in [3.8, 4) is 11.5 Å². The van der Waals surface area contributed by atoms with Crippen LogP contribution in [0.15, 0.2) is 23.0 Å². The third-order valence-corrected chi connectivity index (χ3v) is 4.82. The lowest BCUT2D eigenvalue weighted by Gasteiger charge is -2.09. The number of thiazole rings is 1. The van der Waals surface area contributed by atoms with Crippen molar-refractivity contribution in [1.82, 2.24) is 4.57 Å². The standard InChI is InChI=1S/C20H23NO7S/c1-5-27-15-9-13(7-8-14(15)25-3)10-16-20(24)21(12-19(23)26-4)17(29-16)11-18(22)28-6-2/h7-11H,5-6,12H2,1-4H3/b16-10-,17-11-. The van der Waals surface area contributed by atoms with E-state index in [-0.39, 0.29) is 13.2 Å². The number of hydrogen-bond acceptors (Lipinski definition) is 8. The van der Waals surface area contributed by atoms with Gasteiger partial charge in [-0.1, -0.05) is 6.07 Å². The maximum Gasteiger partial charge on any atom is 0.333 e. The normalized spacial score (nSPS) is 12.0. The van der Waals surface area contributed by atoms with Crippen molar-refractivity contribution >= 4 is 35.4 Å². The minimum atomic E-state index is -0.599. The van der Waals surface area contributed by atoms with Gasteiger partial charge in [0.15, 0.2) is 11.5 Å². The number of benzene rings is 1. The first-order valence-corrected chi connectivity index (χ1v) is 9.72. The van der Waals surface area contributed by atoms with Crippen molar-refractivity contribution in [1.29, 1.82) is 0 Å². The predicted octanol–water partition coefficient (Wildman–Crippen LogP) is 0.663. The molecular weight excluding hydrogens is 398 g/mol. The number of carbonyl (C=O) groups is 2. The molecule has 0 saturated heterocycles. The molecule has 0 aliphatic carbocycles. The highest BCUT2D eigenvalue weighted by molar-refractivity contribution is 7.07. The maximum atomic E-state index is 12.8. The summed E-state index contributed by atoms with van der Waals surface area (Å²) in [6.45, 7) is 3.90. The van der Waals surface area contributed by atoms with Gasteiger partial charge in [-0.25, -0.2) is 4.79 Å². The highest BCUT2D eigenvalue weighted by Gasteiger charge is 2.12. The van der Waals surface area contributed by atoms with E-state index in [1.54, 1.807) is 38.3 Å². The van der Waals surface area contributed by atoms with Crippen molar-refractivity contribution in [2.75, 3.05) is 27.4 Å². The Morgan fingerprint density at radius 2 is 1.90 bits per heavy atom. The number of rotatable bonds is 8. The average Bonchev–Trinajstić information content (AvgIpc) is 2.97. The molecule has 0 unspecified atom stereocenters. The Hall–Kier alpha value is -3.07. The van der Waals surface area contributed by atoms with E-state index in [0.717, 1.165) is 11.3 Å². The second-order valence-corrected chi connectivity index (χ2v) is 6.72. The molecule has 2 aromatic rings. The van der Waals surface area contributed by atoms with E-state index in [1.165, 1.54) is 17.8 Å². The fourth-order valence-electron chi connectivity index (χ4n) is 2.47. The molecule has 0 amide bonds. The van der Waals surface area contributed by atoms with Crippen LogP contribution in [-0.2, 0) is 25.6 Å². The number of esters is 2. The van der Waals surface area contributed by atoms with Gasteiger partial charge in [0.2, 0.25) is 0 Å². The first-order chi connectivity index (χ1) is 13.9. The van der Waals surface area contributed by atoms with Crippen molar-refractivity contribution in [3.05, 3.63) is 43.3 Å². The molecule has 156 valence electrons. The van der Waals surface area contributed by atoms with Crippen LogP contribution < -0.4 is 24.2 Å². The van der Waals surface area contributed by atoms with Gasteiger partial charge in [0.05, 0.1) is 38.0 Å². The summed E-state index contributed by atoms with van der Waals surface area (Å²) in [5.41, 5.74) is 0.297. The SMILES string of the molecule is CCOC(=O)/C=c1\s/c(=C\c2ccc(OC)c(OCC)c2)c(=O)n1CC(=O)OC. The second kappa shape index (κ2) is 10.5. The largest absolute Gasteiger partial charge is 0.493 e. The Morgan fingerprint density at radius 3 is 2.52 bits per heavy atom. The lowest BCUT2D eigenvalue weighted by Crippen LogP contribution is -2.34. The number of ether oxygens (including phenoxy) is 4. The molecule has 0 fully saturated rings. The van der Waals surface area contributed by atoms with Crippen LogP contribution >= 0.6 is 11.3 Å². The lowest BCUT2D eigenvalue weighted by atomic mass is 10.2. The zero-order chi connectivity index (χ0) is 21.4. The molecular formula is C20H23NO7S. The molecule has 0 atom stereocenters. The van der Waals surface area contributed by atoms with Crippen LogP contribution in [0, 0.1) is 0 Å². The fourth-order valence-corrected chi connectivity index (χ4v) is 3.50. The van der Waals surface area contributed by atoms with Gasteiger partial charge in [0.1, 0.15) is 11.2 Å². The Morgan fingerprint density at radius 1 is 1.14 bits per heavy atom. The summed E-state index contributed by atoms with van der Waals surface area (Å²) in [6, 6.07) is 5.27. The summed E-state index contributed by atoms with van der Waals surface area (Å²) in [5, 5.41) is 0. The summed E-state index contributed by atoms with van der Waals surface area (Å²) in [4.78, 5) is 36.4. The Balaban J connectivity index is 2.61. The molecule has 0 bridgehead atoms. The van der Waals surface area contributed by atoms with E-state index in [4.69, 9.17) is 14.2 Å². The van der Waals surface area contributed by atoms with Gasteiger partial charge in [0, 0.05) is 0 Å². The van der Waals surface area contributed by atoms with Crippen LogP contribution in [-0.4, -0.2) is 43.9 Å². The molecule has 1 heterocycles. The highest BCUT2D eigenvalue weighted by atomic mass is 32.1. The van der Waals surface area contributed by atoms with Crippen LogP contribution in [0.3, 0.4) is 0 Å². The summed E-state index contributed by atoms with van der Waals surface area (Å²) in [5.74, 6) is -0.0665. The molecule has 0 N–H and O–H groups in total. The van der Waals surface area contributed by atoms with E-state index in [1.807, 2.05) is 6.92 Å². The van der Waals surface area contributed by atoms with Crippen molar-refractivity contribution in [2.45, 2.75) is 20.4 Å². The van der Waals surface area contributed by atoms with Crippen LogP contribution in [0.1, 0.15) is 19.4 Å². The van der Waals surface area contributed by atoms with Gasteiger partial charge in [-0.15, -0.1) is 11.3 Å². The fraction of sp³-hybridized carbons (Fsp3) is 0.350. The van der Waals surface area contributed by atoms with Crippen LogP contribution in [0.4, 0.5) is 0 Å². The van der Waals surface area contributed by atoms with E-state index in [9.17, 15) is 14.4 Å². The topological polar surface area (TPSA) is 93.1 Å². The minimum Gasteiger partial charge on any atom is -0.493 e. The molecule has 0 spiro atoms. The third-order valence-electron chi connectivity index (χ3n) is 3.76. The molecule has 0 aliphatic rings. The molecule has 0 radical (unpaired) electrons. The number of aromatic nitrogens is 1. The highest BCUT2D eigenvalue weighted by Crippen LogP contribution is 2.28. The zero-order valence-electron chi connectivity index (χ0n) is 16.7. The van der Waals surface area contributed by atoms with Gasteiger partial charge >= 0.3 is 11.9 Å². The Kier molecular flexibility index (Phi) is 8.02. The second-order valence-electron chi connectivity index (χ2n) is 5.66. The van der Waals surface area contributed by atoms with E-state index in [2.05, 4.69) is 4.74 Å². The van der Waals surface area contributed by atoms with Gasteiger partial charge in [0.25, 0.3) is 5.56 Å². The Labute approximate surface area is 171 Å². The number of carbonyl (C=O) groups excluding carboxylic acids is 2. The summed E-state index contributed by atoms with van der Waals surface area (Å²) in [6.07, 6.45) is 2.85. The van der Waals surface area contributed by atoms with E-state index < -0.39 is 17.5 Å². The van der Waals surface area contributed by atoms with Gasteiger partial charge in [-0.2, -0.15) is 0 Å². The average molecular weight is 421 g/mol. The number of methoxy groups -OCH3 is 2. The van der Waals surface area contributed by atoms with Gasteiger partial charge in [-0.3, -0.25) is 14.2 Å². The lowest BCUT2D eigenvalue weighted by molar-refractivity contribution is -0.141. The van der Waals surface area contributed by atoms with Gasteiger partial charge < -0.3 is 18.9 Å². The molecule has 1 aromatic carbocycles. The van der Waals surface area contributed by atoms with Gasteiger partial charge in [-0.05, 0) is 37.6 Å². The van der Waals surface area contributed by atoms with Crippen LogP contribution in [0.2, 0.25) is 0 Å². The first-order valence-electron chi connectivity index (χ1n) is 8.90. The zero-order valence-corrected chi connectivity index (χ0v) is 17.5. The number of hydrogen-bond donors (Lipinski definition) is 0. The van der Waals surface area contributed by atoms with Crippen LogP contribution in [0.5, 0.6) is 11.5 Å². The van der Waals surface area contributed by atoms with Crippen LogP contribution in [0.25, 0.3) is 12.2 Å². The Bertz CT molecular complexity index is 1050. The molecule has 29 heavy (non-hydrogen) atoms. The first kappa shape index (κ1) is 22.2. The molecule has 1 aromatic heterocycles. The monoisotopic (exact) mass is 421 g/mol. The smallest absolute Gasteiger partial charge is 0.333 e. The predicted molar refractivity (Wildman–Crippen MR) is 109 cm³/mol. The van der Waals surface area contributed by atoms with Crippen molar-refractivity contribution < 1.29 is 28.5 Å². The molecule has 9 heteroatoms. The quantitative estimate of drug-likeness (QED) is 0.578.